The van der Waals surface area contributed by atoms with E-state index in [1.165, 1.54) is 24.3 Å². The van der Waals surface area contributed by atoms with Crippen molar-refractivity contribution >= 4 is 17.3 Å². The molecule has 5 heteroatoms. The average molecular weight is 295 g/mol. The van der Waals surface area contributed by atoms with Gasteiger partial charge in [0, 0.05) is 17.3 Å². The Hall–Kier alpha value is -3.08. The molecule has 22 heavy (non-hydrogen) atoms. The number of hydrogen-bond donors (Lipinski definition) is 2. The number of aromatic hydroxyl groups is 1. The lowest BCUT2D eigenvalue weighted by atomic mass is 9.92. The molecule has 110 valence electrons. The smallest absolute Gasteiger partial charge is 0.213 e. The molecule has 5 nitrogen and oxygen atoms in total. The van der Waals surface area contributed by atoms with Gasteiger partial charge in [0.25, 0.3) is 0 Å². The highest BCUT2D eigenvalue weighted by Gasteiger charge is 2.28. The standard InChI is InChI=1S/C17H13NO4/c1-22-11-7-5-10(6-8-11)18-13-9-15(20)12-3-2-4-14(19)16(12)17(13)21/h2-9,18-19H,1H3. The van der Waals surface area contributed by atoms with Crippen molar-refractivity contribution in [1.82, 2.24) is 0 Å². The quantitative estimate of drug-likeness (QED) is 0.910. The Labute approximate surface area is 126 Å². The Balaban J connectivity index is 1.93. The lowest BCUT2D eigenvalue weighted by Crippen LogP contribution is -2.21. The van der Waals surface area contributed by atoms with E-state index in [1.54, 1.807) is 31.4 Å². The molecule has 1 aliphatic rings. The van der Waals surface area contributed by atoms with Crippen LogP contribution in [-0.2, 0) is 0 Å². The molecule has 0 fully saturated rings. The molecular formula is C17H13NO4. The minimum atomic E-state index is -0.413. The molecule has 3 rings (SSSR count). The van der Waals surface area contributed by atoms with Gasteiger partial charge in [-0.1, -0.05) is 12.1 Å². The summed E-state index contributed by atoms with van der Waals surface area (Å²) in [5.41, 5.74) is 1.02. The number of rotatable bonds is 3. The highest BCUT2D eigenvalue weighted by molar-refractivity contribution is 6.26. The van der Waals surface area contributed by atoms with Gasteiger partial charge >= 0.3 is 0 Å². The molecule has 0 aliphatic heterocycles. The molecule has 0 saturated carbocycles. The van der Waals surface area contributed by atoms with Crippen molar-refractivity contribution in [3.8, 4) is 11.5 Å². The molecule has 0 radical (unpaired) electrons. The maximum Gasteiger partial charge on any atom is 0.213 e. The number of ether oxygens (including phenoxy) is 1. The number of hydrogen-bond acceptors (Lipinski definition) is 5. The van der Waals surface area contributed by atoms with E-state index in [9.17, 15) is 14.7 Å². The summed E-state index contributed by atoms with van der Waals surface area (Å²) in [6, 6.07) is 11.4. The van der Waals surface area contributed by atoms with Crippen molar-refractivity contribution in [3.63, 3.8) is 0 Å². The fourth-order valence-electron chi connectivity index (χ4n) is 2.32. The molecule has 0 aromatic heterocycles. The van der Waals surface area contributed by atoms with Crippen LogP contribution >= 0.6 is 0 Å². The fraction of sp³-hybridized carbons (Fsp3) is 0.0588. The lowest BCUT2D eigenvalue weighted by Gasteiger charge is -2.17. The van der Waals surface area contributed by atoms with E-state index < -0.39 is 5.78 Å². The van der Waals surface area contributed by atoms with E-state index in [1.807, 2.05) is 0 Å². The number of anilines is 1. The van der Waals surface area contributed by atoms with Crippen LogP contribution in [0.4, 0.5) is 5.69 Å². The number of carbonyl (C=O) groups is 2. The highest BCUT2D eigenvalue weighted by atomic mass is 16.5. The van der Waals surface area contributed by atoms with E-state index >= 15 is 0 Å². The molecule has 2 N–H and O–H groups in total. The van der Waals surface area contributed by atoms with Crippen molar-refractivity contribution in [2.45, 2.75) is 0 Å². The summed E-state index contributed by atoms with van der Waals surface area (Å²) >= 11 is 0. The number of fused-ring (bicyclic) bond motifs is 1. The van der Waals surface area contributed by atoms with Crippen molar-refractivity contribution in [3.05, 3.63) is 65.4 Å². The van der Waals surface area contributed by atoms with Gasteiger partial charge in [0.05, 0.1) is 18.4 Å². The first kappa shape index (κ1) is 13.9. The summed E-state index contributed by atoms with van der Waals surface area (Å²) in [5.74, 6) is -0.239. The molecule has 2 aromatic carbocycles. The number of allylic oxidation sites excluding steroid dienone is 2. The number of nitrogens with one attached hydrogen (secondary N) is 1. The van der Waals surface area contributed by atoms with Crippen molar-refractivity contribution < 1.29 is 19.4 Å². The SMILES string of the molecule is COc1ccc(NC2=CC(=O)c3cccc(O)c3C2=O)cc1. The second-order valence-electron chi connectivity index (χ2n) is 4.80. The van der Waals surface area contributed by atoms with Crippen molar-refractivity contribution in [1.29, 1.82) is 0 Å². The first-order valence-electron chi connectivity index (χ1n) is 6.64. The van der Waals surface area contributed by atoms with Gasteiger partial charge in [-0.2, -0.15) is 0 Å². The topological polar surface area (TPSA) is 75.6 Å². The van der Waals surface area contributed by atoms with Crippen LogP contribution in [0.5, 0.6) is 11.5 Å². The molecule has 0 amide bonds. The van der Waals surface area contributed by atoms with Gasteiger partial charge in [0.2, 0.25) is 5.78 Å². The number of Topliss-reactive ketones (excluding diaryl/α,β-unsaturated/α-hetero) is 1. The van der Waals surface area contributed by atoms with Crippen LogP contribution in [0.25, 0.3) is 0 Å². The van der Waals surface area contributed by atoms with Crippen molar-refractivity contribution in [2.24, 2.45) is 0 Å². The summed E-state index contributed by atoms with van der Waals surface area (Å²) in [5, 5.41) is 12.8. The number of ketones is 2. The predicted octanol–water partition coefficient (Wildman–Crippen LogP) is 2.78. The molecular weight excluding hydrogens is 282 g/mol. The molecule has 0 atom stereocenters. The summed E-state index contributed by atoms with van der Waals surface area (Å²) in [6.45, 7) is 0. The summed E-state index contributed by atoms with van der Waals surface area (Å²) < 4.78 is 5.06. The number of methoxy groups -OCH3 is 1. The molecule has 0 heterocycles. The highest BCUT2D eigenvalue weighted by Crippen LogP contribution is 2.29. The average Bonchev–Trinajstić information content (AvgIpc) is 2.53. The lowest BCUT2D eigenvalue weighted by molar-refractivity contribution is 0.0983. The normalized spacial score (nSPS) is 13.4. The Morgan fingerprint density at radius 3 is 2.45 bits per heavy atom. The van der Waals surface area contributed by atoms with Gasteiger partial charge in [-0.05, 0) is 30.3 Å². The van der Waals surface area contributed by atoms with E-state index in [4.69, 9.17) is 4.74 Å². The molecule has 0 saturated heterocycles. The number of phenolic OH excluding ortho intramolecular Hbond substituents is 1. The molecule has 1 aliphatic carbocycles. The van der Waals surface area contributed by atoms with Gasteiger partial charge in [-0.3, -0.25) is 9.59 Å². The first-order valence-corrected chi connectivity index (χ1v) is 6.64. The second-order valence-corrected chi connectivity index (χ2v) is 4.80. The number of benzene rings is 2. The second kappa shape index (κ2) is 5.37. The molecule has 2 aromatic rings. The zero-order valence-corrected chi connectivity index (χ0v) is 11.8. The fourth-order valence-corrected chi connectivity index (χ4v) is 2.32. The van der Waals surface area contributed by atoms with E-state index in [-0.39, 0.29) is 28.4 Å². The number of phenols is 1. The Morgan fingerprint density at radius 1 is 1.05 bits per heavy atom. The third-order valence-electron chi connectivity index (χ3n) is 3.42. The van der Waals surface area contributed by atoms with Crippen LogP contribution in [0.15, 0.2) is 54.2 Å². The zero-order valence-electron chi connectivity index (χ0n) is 11.8. The van der Waals surface area contributed by atoms with Crippen LogP contribution in [0.3, 0.4) is 0 Å². The Bertz CT molecular complexity index is 791. The Morgan fingerprint density at radius 2 is 1.77 bits per heavy atom. The van der Waals surface area contributed by atoms with E-state index in [2.05, 4.69) is 5.32 Å². The van der Waals surface area contributed by atoms with E-state index in [0.29, 0.717) is 11.4 Å². The third kappa shape index (κ3) is 2.33. The van der Waals surface area contributed by atoms with Gasteiger partial charge in [0.15, 0.2) is 5.78 Å². The summed E-state index contributed by atoms with van der Waals surface area (Å²) in [4.78, 5) is 24.5. The minimum absolute atomic E-state index is 0.0333. The van der Waals surface area contributed by atoms with Crippen LogP contribution in [0, 0.1) is 0 Å². The van der Waals surface area contributed by atoms with Crippen LogP contribution in [0.1, 0.15) is 20.7 Å². The van der Waals surface area contributed by atoms with Crippen LogP contribution in [-0.4, -0.2) is 23.8 Å². The van der Waals surface area contributed by atoms with Crippen LogP contribution < -0.4 is 10.1 Å². The van der Waals surface area contributed by atoms with E-state index in [0.717, 1.165) is 0 Å². The summed E-state index contributed by atoms with van der Waals surface area (Å²) in [6.07, 6.45) is 1.24. The molecule has 0 spiro atoms. The molecule has 0 unspecified atom stereocenters. The maximum absolute atomic E-state index is 12.4. The zero-order chi connectivity index (χ0) is 15.7. The maximum atomic E-state index is 12.4. The van der Waals surface area contributed by atoms with Gasteiger partial charge < -0.3 is 15.2 Å². The minimum Gasteiger partial charge on any atom is -0.507 e. The van der Waals surface area contributed by atoms with Gasteiger partial charge in [-0.15, -0.1) is 0 Å². The number of carbonyl (C=O) groups excluding carboxylic acids is 2. The Kier molecular flexibility index (Phi) is 3.39. The van der Waals surface area contributed by atoms with Gasteiger partial charge in [-0.25, -0.2) is 0 Å². The largest absolute Gasteiger partial charge is 0.507 e. The third-order valence-corrected chi connectivity index (χ3v) is 3.42. The molecule has 0 bridgehead atoms. The predicted molar refractivity (Wildman–Crippen MR) is 81.5 cm³/mol. The summed E-state index contributed by atoms with van der Waals surface area (Å²) in [7, 11) is 1.56. The van der Waals surface area contributed by atoms with Gasteiger partial charge in [0.1, 0.15) is 11.5 Å². The van der Waals surface area contributed by atoms with Crippen LogP contribution in [0.2, 0.25) is 0 Å². The monoisotopic (exact) mass is 295 g/mol. The van der Waals surface area contributed by atoms with Crippen molar-refractivity contribution in [2.75, 3.05) is 12.4 Å². The first-order chi connectivity index (χ1) is 10.6.